The molecular formula is C23H21F3N4O4. The third-order valence-electron chi connectivity index (χ3n) is 5.44. The molecule has 34 heavy (non-hydrogen) atoms. The van der Waals surface area contributed by atoms with Gasteiger partial charge in [-0.05, 0) is 31.2 Å². The van der Waals surface area contributed by atoms with Crippen LogP contribution in [0.15, 0.2) is 47.0 Å². The number of likely N-dealkylation sites (tertiary alicyclic amines) is 1. The highest BCUT2D eigenvalue weighted by Crippen LogP contribution is 2.35. The van der Waals surface area contributed by atoms with Crippen molar-refractivity contribution in [3.63, 3.8) is 0 Å². The van der Waals surface area contributed by atoms with E-state index in [2.05, 4.69) is 15.6 Å². The number of urea groups is 1. The molecule has 0 aliphatic carbocycles. The lowest BCUT2D eigenvalue weighted by Crippen LogP contribution is -2.45. The average Bonchev–Trinajstić information content (AvgIpc) is 3.33. The van der Waals surface area contributed by atoms with Gasteiger partial charge < -0.3 is 24.7 Å². The molecule has 0 spiro atoms. The monoisotopic (exact) mass is 474 g/mol. The molecule has 4 rings (SSSR count). The number of aromatic nitrogens is 1. The second-order valence-corrected chi connectivity index (χ2v) is 7.78. The van der Waals surface area contributed by atoms with Gasteiger partial charge >= 0.3 is 6.03 Å². The number of ether oxygens (including phenoxy) is 1. The van der Waals surface area contributed by atoms with Gasteiger partial charge in [-0.3, -0.25) is 4.79 Å². The van der Waals surface area contributed by atoms with Gasteiger partial charge in [0.1, 0.15) is 35.0 Å². The summed E-state index contributed by atoms with van der Waals surface area (Å²) in [5.41, 5.74) is -0.0814. The molecule has 0 radical (unpaired) electrons. The fraction of sp³-hybridized carbons (Fsp3) is 0.261. The zero-order valence-electron chi connectivity index (χ0n) is 18.3. The number of amides is 3. The van der Waals surface area contributed by atoms with Crippen molar-refractivity contribution in [1.82, 2.24) is 15.2 Å². The molecular weight excluding hydrogens is 453 g/mol. The maximum Gasteiger partial charge on any atom is 0.319 e. The Labute approximate surface area is 192 Å². The number of hydrogen-bond acceptors (Lipinski definition) is 5. The molecule has 3 aromatic rings. The summed E-state index contributed by atoms with van der Waals surface area (Å²) in [5, 5.41) is 4.97. The summed E-state index contributed by atoms with van der Waals surface area (Å²) in [5.74, 6) is -3.15. The van der Waals surface area contributed by atoms with Crippen molar-refractivity contribution in [1.29, 1.82) is 0 Å². The molecule has 2 atom stereocenters. The number of nitrogens with one attached hydrogen (secondary N) is 2. The first-order valence-electron chi connectivity index (χ1n) is 10.3. The lowest BCUT2D eigenvalue weighted by molar-refractivity contribution is -0.130. The van der Waals surface area contributed by atoms with Gasteiger partial charge in [0.25, 0.3) is 0 Å². The molecule has 2 N–H and O–H groups in total. The van der Waals surface area contributed by atoms with Crippen molar-refractivity contribution >= 4 is 17.6 Å². The van der Waals surface area contributed by atoms with Crippen LogP contribution in [0.3, 0.4) is 0 Å². The van der Waals surface area contributed by atoms with Crippen molar-refractivity contribution in [3.8, 4) is 5.75 Å². The molecule has 2 heterocycles. The van der Waals surface area contributed by atoms with Crippen LogP contribution < -0.4 is 15.4 Å². The van der Waals surface area contributed by atoms with E-state index in [-0.39, 0.29) is 36.0 Å². The number of aryl methyl sites for hydroxylation is 1. The lowest BCUT2D eigenvalue weighted by Gasteiger charge is -2.20. The van der Waals surface area contributed by atoms with Gasteiger partial charge in [0.05, 0.1) is 19.9 Å². The van der Waals surface area contributed by atoms with E-state index in [1.807, 2.05) is 0 Å². The van der Waals surface area contributed by atoms with Crippen molar-refractivity contribution in [2.24, 2.45) is 0 Å². The number of oxazole rings is 1. The summed E-state index contributed by atoms with van der Waals surface area (Å²) >= 11 is 0. The maximum atomic E-state index is 14.9. The minimum atomic E-state index is -1.28. The van der Waals surface area contributed by atoms with Crippen molar-refractivity contribution in [3.05, 3.63) is 77.3 Å². The first kappa shape index (κ1) is 23.1. The number of carbonyl (C=O) groups is 2. The molecule has 11 heteroatoms. The van der Waals surface area contributed by atoms with Gasteiger partial charge in [-0.25, -0.2) is 22.9 Å². The minimum absolute atomic E-state index is 0.0197. The smallest absolute Gasteiger partial charge is 0.319 e. The summed E-state index contributed by atoms with van der Waals surface area (Å²) in [6, 6.07) is 4.93. The van der Waals surface area contributed by atoms with Crippen LogP contribution in [-0.2, 0) is 11.3 Å². The molecule has 178 valence electrons. The Balaban J connectivity index is 1.61. The number of nitrogens with zero attached hydrogens (tertiary/aromatic N) is 2. The number of benzene rings is 2. The Bertz CT molecular complexity index is 1190. The summed E-state index contributed by atoms with van der Waals surface area (Å²) in [6.45, 7) is 1.56. The number of rotatable bonds is 6. The van der Waals surface area contributed by atoms with Gasteiger partial charge in [0.15, 0.2) is 0 Å². The maximum absolute atomic E-state index is 14.9. The summed E-state index contributed by atoms with van der Waals surface area (Å²) in [7, 11) is 1.28. The van der Waals surface area contributed by atoms with Crippen LogP contribution in [0.2, 0.25) is 0 Å². The largest absolute Gasteiger partial charge is 0.497 e. The normalized spacial score (nSPS) is 17.7. The van der Waals surface area contributed by atoms with Gasteiger partial charge in [0, 0.05) is 35.8 Å². The summed E-state index contributed by atoms with van der Waals surface area (Å²) < 4.78 is 53.2. The molecule has 1 aliphatic heterocycles. The quantitative estimate of drug-likeness (QED) is 0.568. The highest BCUT2D eigenvalue weighted by molar-refractivity contribution is 5.95. The van der Waals surface area contributed by atoms with Crippen LogP contribution >= 0.6 is 0 Å². The lowest BCUT2D eigenvalue weighted by atomic mass is 9.93. The van der Waals surface area contributed by atoms with Gasteiger partial charge in [-0.2, -0.15) is 0 Å². The Morgan fingerprint density at radius 1 is 1.21 bits per heavy atom. The van der Waals surface area contributed by atoms with E-state index in [1.165, 1.54) is 30.3 Å². The SMILES string of the molecule is COc1cc(F)c([C@@H]2CN(Cc3ncc(C)o3)C(=O)[C@H]2NC(=O)Nc2ccc(F)cc2)c(F)c1. The number of carbonyl (C=O) groups excluding carboxylic acids is 2. The molecule has 8 nitrogen and oxygen atoms in total. The van der Waals surface area contributed by atoms with Crippen LogP contribution in [0.5, 0.6) is 5.75 Å². The van der Waals surface area contributed by atoms with Crippen molar-refractivity contribution in [2.45, 2.75) is 25.4 Å². The standard InChI is InChI=1S/C23H21F3N4O4/c1-12-9-27-19(34-12)11-30-10-16(20-17(25)7-15(33-2)8-18(20)26)21(22(30)31)29-23(32)28-14-5-3-13(24)4-6-14/h3-9,16,21H,10-11H2,1-2H3,(H2,28,29,32)/t16-,21-/m0/s1. The van der Waals surface area contributed by atoms with Gasteiger partial charge in [0.2, 0.25) is 11.8 Å². The van der Waals surface area contributed by atoms with Gasteiger partial charge in [-0.1, -0.05) is 0 Å². The fourth-order valence-electron chi connectivity index (χ4n) is 3.88. The fourth-order valence-corrected chi connectivity index (χ4v) is 3.88. The predicted octanol–water partition coefficient (Wildman–Crippen LogP) is 3.73. The van der Waals surface area contributed by atoms with E-state index in [0.29, 0.717) is 5.76 Å². The molecule has 1 aromatic heterocycles. The van der Waals surface area contributed by atoms with E-state index in [0.717, 1.165) is 24.3 Å². The number of hydrogen-bond donors (Lipinski definition) is 2. The predicted molar refractivity (Wildman–Crippen MR) is 115 cm³/mol. The van der Waals surface area contributed by atoms with E-state index in [9.17, 15) is 22.8 Å². The molecule has 2 aromatic carbocycles. The second-order valence-electron chi connectivity index (χ2n) is 7.78. The van der Waals surface area contributed by atoms with E-state index in [1.54, 1.807) is 6.92 Å². The average molecular weight is 474 g/mol. The Hall–Kier alpha value is -4.02. The molecule has 0 unspecified atom stereocenters. The molecule has 1 saturated heterocycles. The number of methoxy groups -OCH3 is 1. The Kier molecular flexibility index (Phi) is 6.44. The summed E-state index contributed by atoms with van der Waals surface area (Å²) in [4.78, 5) is 31.1. The molecule has 1 fully saturated rings. The van der Waals surface area contributed by atoms with Crippen LogP contribution in [0.4, 0.5) is 23.7 Å². The van der Waals surface area contributed by atoms with E-state index < -0.39 is 41.3 Å². The van der Waals surface area contributed by atoms with Gasteiger partial charge in [-0.15, -0.1) is 0 Å². The zero-order chi connectivity index (χ0) is 24.4. The summed E-state index contributed by atoms with van der Waals surface area (Å²) in [6.07, 6.45) is 1.49. The van der Waals surface area contributed by atoms with Crippen LogP contribution in [0, 0.1) is 24.4 Å². The van der Waals surface area contributed by atoms with E-state index in [4.69, 9.17) is 9.15 Å². The second kappa shape index (κ2) is 9.46. The first-order chi connectivity index (χ1) is 16.2. The van der Waals surface area contributed by atoms with E-state index >= 15 is 0 Å². The molecule has 0 saturated carbocycles. The van der Waals surface area contributed by atoms with Crippen molar-refractivity contribution in [2.75, 3.05) is 19.0 Å². The van der Waals surface area contributed by atoms with Crippen LogP contribution in [0.25, 0.3) is 0 Å². The van der Waals surface area contributed by atoms with Crippen LogP contribution in [0.1, 0.15) is 23.1 Å². The highest BCUT2D eigenvalue weighted by Gasteiger charge is 2.45. The number of anilines is 1. The molecule has 3 amide bonds. The highest BCUT2D eigenvalue weighted by atomic mass is 19.1. The first-order valence-corrected chi connectivity index (χ1v) is 10.3. The van der Waals surface area contributed by atoms with Crippen LogP contribution in [-0.4, -0.2) is 41.5 Å². The topological polar surface area (TPSA) is 96.7 Å². The van der Waals surface area contributed by atoms with Crippen molar-refractivity contribution < 1.29 is 31.9 Å². The third-order valence-corrected chi connectivity index (χ3v) is 5.44. The minimum Gasteiger partial charge on any atom is -0.497 e. The zero-order valence-corrected chi connectivity index (χ0v) is 18.3. The molecule has 0 bridgehead atoms. The third kappa shape index (κ3) is 4.82. The number of halogens is 3. The molecule has 1 aliphatic rings. The Morgan fingerprint density at radius 2 is 1.88 bits per heavy atom. The Morgan fingerprint density at radius 3 is 2.47 bits per heavy atom.